The Morgan fingerprint density at radius 3 is 2.36 bits per heavy atom. The van der Waals surface area contributed by atoms with E-state index in [1.54, 1.807) is 0 Å². The Morgan fingerprint density at radius 1 is 1.64 bits per heavy atom. The van der Waals surface area contributed by atoms with Crippen molar-refractivity contribution in [2.75, 3.05) is 0 Å². The van der Waals surface area contributed by atoms with Crippen LogP contribution in [0.2, 0.25) is 0 Å². The zero-order valence-electron chi connectivity index (χ0n) is 6.03. The third-order valence-corrected chi connectivity index (χ3v) is 0.807. The molecule has 0 spiro atoms. The summed E-state index contributed by atoms with van der Waals surface area (Å²) in [5.41, 5.74) is 0. The second-order valence-electron chi connectivity index (χ2n) is 1.62. The summed E-state index contributed by atoms with van der Waals surface area (Å²) in [6.45, 7) is 4.37. The molecule has 0 heterocycles. The topological polar surface area (TPSA) is 63.6 Å². The van der Waals surface area contributed by atoms with Crippen LogP contribution in [0.5, 0.6) is 0 Å². The number of carboxylic acid groups (broad SMARTS) is 1. The quantitative estimate of drug-likeness (QED) is 0.458. The van der Waals surface area contributed by atoms with Gasteiger partial charge in [0.2, 0.25) is 0 Å². The van der Waals surface area contributed by atoms with E-state index in [0.29, 0.717) is 0 Å². The molecule has 1 atom stereocenters. The van der Waals surface area contributed by atoms with E-state index in [1.807, 2.05) is 0 Å². The summed E-state index contributed by atoms with van der Waals surface area (Å²) < 4.78 is 4.30. The SMILES string of the molecule is C=CC(=O)OC(C)C(=O)O.[Hf]. The number of carboxylic acids is 1. The van der Waals surface area contributed by atoms with Crippen LogP contribution in [0.4, 0.5) is 0 Å². The molecule has 1 unspecified atom stereocenters. The molecule has 0 aromatic carbocycles. The average molecular weight is 323 g/mol. The summed E-state index contributed by atoms with van der Waals surface area (Å²) >= 11 is 0. The largest absolute Gasteiger partial charge is 0.479 e. The molecular formula is C6H8HfO4. The molecule has 4 nitrogen and oxygen atoms in total. The van der Waals surface area contributed by atoms with E-state index in [9.17, 15) is 9.59 Å². The normalized spacial score (nSPS) is 10.6. The van der Waals surface area contributed by atoms with Gasteiger partial charge in [-0.3, -0.25) is 0 Å². The summed E-state index contributed by atoms with van der Waals surface area (Å²) in [5, 5.41) is 8.21. The Labute approximate surface area is 83.0 Å². The molecule has 11 heavy (non-hydrogen) atoms. The molecule has 0 fully saturated rings. The van der Waals surface area contributed by atoms with Crippen molar-refractivity contribution >= 4 is 11.9 Å². The average Bonchev–Trinajstić information content (AvgIpc) is 1.87. The van der Waals surface area contributed by atoms with Crippen molar-refractivity contribution in [3.63, 3.8) is 0 Å². The van der Waals surface area contributed by atoms with Gasteiger partial charge in [-0.25, -0.2) is 9.59 Å². The predicted octanol–water partition coefficient (Wildman–Crippen LogP) is 0.186. The van der Waals surface area contributed by atoms with E-state index < -0.39 is 18.0 Å². The van der Waals surface area contributed by atoms with Crippen molar-refractivity contribution in [2.24, 2.45) is 0 Å². The van der Waals surface area contributed by atoms with E-state index in [1.165, 1.54) is 6.92 Å². The monoisotopic (exact) mass is 324 g/mol. The minimum atomic E-state index is -1.17. The van der Waals surface area contributed by atoms with Crippen LogP contribution in [0.25, 0.3) is 0 Å². The van der Waals surface area contributed by atoms with Gasteiger partial charge in [0, 0.05) is 31.9 Å². The van der Waals surface area contributed by atoms with Crippen molar-refractivity contribution in [2.45, 2.75) is 13.0 Å². The number of carbonyl (C=O) groups excluding carboxylic acids is 1. The third-order valence-electron chi connectivity index (χ3n) is 0.807. The molecule has 1 N–H and O–H groups in total. The summed E-state index contributed by atoms with van der Waals surface area (Å²) in [7, 11) is 0. The van der Waals surface area contributed by atoms with Gasteiger partial charge in [-0.1, -0.05) is 6.58 Å². The van der Waals surface area contributed by atoms with Crippen LogP contribution >= 0.6 is 0 Å². The number of rotatable bonds is 3. The van der Waals surface area contributed by atoms with E-state index in [0.717, 1.165) is 6.08 Å². The molecule has 0 saturated heterocycles. The number of esters is 1. The van der Waals surface area contributed by atoms with Gasteiger partial charge in [0.15, 0.2) is 6.10 Å². The molecule has 5 heteroatoms. The summed E-state index contributed by atoms with van der Waals surface area (Å²) in [5.74, 6) is -1.90. The molecule has 0 radical (unpaired) electrons. The number of aliphatic carboxylic acids is 1. The fourth-order valence-corrected chi connectivity index (χ4v) is 0.273. The maximum atomic E-state index is 10.3. The Morgan fingerprint density at radius 2 is 2.09 bits per heavy atom. The smallest absolute Gasteiger partial charge is 0.344 e. The second kappa shape index (κ2) is 6.27. The fraction of sp³-hybridized carbons (Fsp3) is 0.333. The van der Waals surface area contributed by atoms with E-state index in [2.05, 4.69) is 11.3 Å². The Bertz CT molecular complexity index is 166. The second-order valence-corrected chi connectivity index (χ2v) is 1.62. The zero-order valence-corrected chi connectivity index (χ0v) is 9.63. The Balaban J connectivity index is 0. The first-order chi connectivity index (χ1) is 4.57. The molecule has 0 bridgehead atoms. The number of hydrogen-bond acceptors (Lipinski definition) is 3. The number of hydrogen-bond donors (Lipinski definition) is 1. The van der Waals surface area contributed by atoms with Crippen molar-refractivity contribution in [1.29, 1.82) is 0 Å². The summed E-state index contributed by atoms with van der Waals surface area (Å²) in [6.07, 6.45) is -0.190. The Kier molecular flexibility index (Phi) is 7.51. The first kappa shape index (κ1) is 13.2. The predicted molar refractivity (Wildman–Crippen MR) is 33.4 cm³/mol. The molecule has 0 aromatic heterocycles. The van der Waals surface area contributed by atoms with Gasteiger partial charge < -0.3 is 9.84 Å². The van der Waals surface area contributed by atoms with Crippen LogP contribution < -0.4 is 0 Å². The molecule has 0 amide bonds. The van der Waals surface area contributed by atoms with Gasteiger partial charge in [-0.15, -0.1) is 0 Å². The van der Waals surface area contributed by atoms with Crippen LogP contribution in [0.15, 0.2) is 12.7 Å². The first-order valence-corrected chi connectivity index (χ1v) is 2.63. The van der Waals surface area contributed by atoms with Gasteiger partial charge in [-0.05, 0) is 6.92 Å². The zero-order chi connectivity index (χ0) is 8.15. The molecule has 60 valence electrons. The van der Waals surface area contributed by atoms with Gasteiger partial charge in [0.1, 0.15) is 0 Å². The molecular weight excluding hydrogens is 315 g/mol. The Hall–Kier alpha value is -0.450. The summed E-state index contributed by atoms with van der Waals surface area (Å²) in [4.78, 5) is 20.4. The van der Waals surface area contributed by atoms with E-state index in [-0.39, 0.29) is 25.8 Å². The maximum absolute atomic E-state index is 10.3. The van der Waals surface area contributed by atoms with Gasteiger partial charge in [0.25, 0.3) is 0 Å². The van der Waals surface area contributed by atoms with Gasteiger partial charge in [0.05, 0.1) is 0 Å². The van der Waals surface area contributed by atoms with Crippen molar-refractivity contribution < 1.29 is 45.3 Å². The first-order valence-electron chi connectivity index (χ1n) is 2.63. The standard InChI is InChI=1S/C6H8O4.Hf/c1-3-5(7)10-4(2)6(8)9;/h3-4H,1H2,2H3,(H,8,9);. The van der Waals surface area contributed by atoms with E-state index in [4.69, 9.17) is 5.11 Å². The molecule has 0 aromatic rings. The van der Waals surface area contributed by atoms with Crippen LogP contribution in [-0.4, -0.2) is 23.1 Å². The molecule has 0 rings (SSSR count). The minimum absolute atomic E-state index is 0. The van der Waals surface area contributed by atoms with Crippen molar-refractivity contribution in [1.82, 2.24) is 0 Å². The molecule has 0 saturated carbocycles. The van der Waals surface area contributed by atoms with Crippen LogP contribution in [-0.2, 0) is 40.2 Å². The minimum Gasteiger partial charge on any atom is -0.479 e. The third kappa shape index (κ3) is 5.97. The van der Waals surface area contributed by atoms with Crippen LogP contribution in [0.3, 0.4) is 0 Å². The van der Waals surface area contributed by atoms with Crippen LogP contribution in [0.1, 0.15) is 6.92 Å². The van der Waals surface area contributed by atoms with Crippen LogP contribution in [0, 0.1) is 0 Å². The molecule has 0 aliphatic carbocycles. The van der Waals surface area contributed by atoms with Gasteiger partial charge >= 0.3 is 11.9 Å². The van der Waals surface area contributed by atoms with Crippen molar-refractivity contribution in [3.8, 4) is 0 Å². The molecule has 0 aliphatic heterocycles. The van der Waals surface area contributed by atoms with E-state index >= 15 is 0 Å². The van der Waals surface area contributed by atoms with Gasteiger partial charge in [-0.2, -0.15) is 0 Å². The number of carbonyl (C=O) groups is 2. The molecule has 0 aliphatic rings. The van der Waals surface area contributed by atoms with Crippen molar-refractivity contribution in [3.05, 3.63) is 12.7 Å². The fourth-order valence-electron chi connectivity index (χ4n) is 0.273. The number of ether oxygens (including phenoxy) is 1. The maximum Gasteiger partial charge on any atom is 0.344 e. The summed E-state index contributed by atoms with van der Waals surface area (Å²) in [6, 6.07) is 0.